The molecule has 0 aromatic carbocycles. The number of rotatable bonds is 3. The molecule has 2 aromatic rings. The molecule has 2 aromatic heterocycles. The SMILES string of the molecule is Nc1nnc(SCc2ncon2)s1. The molecule has 68 valence electrons. The first-order valence-corrected chi connectivity index (χ1v) is 5.12. The Balaban J connectivity index is 1.93. The Hall–Kier alpha value is -1.15. The van der Waals surface area contributed by atoms with E-state index in [2.05, 4.69) is 24.9 Å². The number of aromatic nitrogens is 4. The van der Waals surface area contributed by atoms with E-state index in [1.54, 1.807) is 0 Å². The highest BCUT2D eigenvalue weighted by atomic mass is 32.2. The number of anilines is 1. The van der Waals surface area contributed by atoms with Crippen molar-refractivity contribution in [3.63, 3.8) is 0 Å². The van der Waals surface area contributed by atoms with Crippen molar-refractivity contribution in [3.05, 3.63) is 12.2 Å². The third-order valence-electron chi connectivity index (χ3n) is 1.15. The predicted octanol–water partition coefficient (Wildman–Crippen LogP) is 0.796. The minimum Gasteiger partial charge on any atom is -0.374 e. The molecule has 0 unspecified atom stereocenters. The first-order valence-electron chi connectivity index (χ1n) is 3.31. The molecule has 0 saturated carbocycles. The maximum Gasteiger partial charge on any atom is 0.213 e. The number of nitrogens with two attached hydrogens (primary N) is 1. The standard InChI is InChI=1S/C5H5N5OS2/c6-4-8-9-5(13-4)12-1-3-7-2-11-10-3/h2H,1H2,(H2,6,8). The van der Waals surface area contributed by atoms with Crippen molar-refractivity contribution in [2.24, 2.45) is 0 Å². The molecule has 0 radical (unpaired) electrons. The van der Waals surface area contributed by atoms with E-state index in [1.165, 1.54) is 29.5 Å². The Morgan fingerprint density at radius 2 is 2.46 bits per heavy atom. The van der Waals surface area contributed by atoms with Crippen molar-refractivity contribution < 1.29 is 4.52 Å². The molecule has 2 N–H and O–H groups in total. The molecule has 0 amide bonds. The largest absolute Gasteiger partial charge is 0.374 e. The predicted molar refractivity (Wildman–Crippen MR) is 48.2 cm³/mol. The average Bonchev–Trinajstić information content (AvgIpc) is 2.71. The van der Waals surface area contributed by atoms with Gasteiger partial charge in [-0.3, -0.25) is 0 Å². The Labute approximate surface area is 81.5 Å². The zero-order valence-corrected chi connectivity index (χ0v) is 8.01. The van der Waals surface area contributed by atoms with Gasteiger partial charge in [0.2, 0.25) is 11.5 Å². The lowest BCUT2D eigenvalue weighted by Gasteiger charge is -1.87. The second kappa shape index (κ2) is 3.71. The first-order chi connectivity index (χ1) is 6.34. The lowest BCUT2D eigenvalue weighted by Crippen LogP contribution is -1.82. The molecule has 13 heavy (non-hydrogen) atoms. The lowest BCUT2D eigenvalue weighted by molar-refractivity contribution is 0.412. The molecule has 0 aliphatic heterocycles. The zero-order valence-electron chi connectivity index (χ0n) is 6.38. The van der Waals surface area contributed by atoms with Gasteiger partial charge in [-0.1, -0.05) is 28.3 Å². The monoisotopic (exact) mass is 215 g/mol. The average molecular weight is 215 g/mol. The van der Waals surface area contributed by atoms with Crippen molar-refractivity contribution in [1.29, 1.82) is 0 Å². The summed E-state index contributed by atoms with van der Waals surface area (Å²) >= 11 is 2.82. The molecule has 2 rings (SSSR count). The van der Waals surface area contributed by atoms with Gasteiger partial charge in [0.05, 0.1) is 5.75 Å². The number of thioether (sulfide) groups is 1. The minimum atomic E-state index is 0.468. The van der Waals surface area contributed by atoms with Crippen molar-refractivity contribution in [2.75, 3.05) is 5.73 Å². The van der Waals surface area contributed by atoms with Crippen molar-refractivity contribution in [2.45, 2.75) is 10.1 Å². The normalized spacial score (nSPS) is 10.5. The van der Waals surface area contributed by atoms with Crippen LogP contribution in [0.5, 0.6) is 0 Å². The molecule has 0 atom stereocenters. The maximum absolute atomic E-state index is 5.41. The molecular weight excluding hydrogens is 210 g/mol. The van der Waals surface area contributed by atoms with Crippen LogP contribution in [-0.2, 0) is 5.75 Å². The Bertz CT molecular complexity index is 372. The van der Waals surface area contributed by atoms with Gasteiger partial charge in [-0.05, 0) is 0 Å². The van der Waals surface area contributed by atoms with E-state index in [-0.39, 0.29) is 0 Å². The van der Waals surface area contributed by atoms with Crippen LogP contribution in [0.1, 0.15) is 5.82 Å². The maximum atomic E-state index is 5.41. The van der Waals surface area contributed by atoms with Crippen LogP contribution < -0.4 is 5.73 Å². The third-order valence-corrected chi connectivity index (χ3v) is 3.04. The van der Waals surface area contributed by atoms with E-state index in [4.69, 9.17) is 5.73 Å². The van der Waals surface area contributed by atoms with Crippen molar-refractivity contribution in [1.82, 2.24) is 20.3 Å². The van der Waals surface area contributed by atoms with E-state index in [9.17, 15) is 0 Å². The summed E-state index contributed by atoms with van der Waals surface area (Å²) in [7, 11) is 0. The molecule has 0 aliphatic rings. The van der Waals surface area contributed by atoms with Gasteiger partial charge in [0.1, 0.15) is 0 Å². The fourth-order valence-corrected chi connectivity index (χ4v) is 2.15. The Kier molecular flexibility index (Phi) is 2.41. The summed E-state index contributed by atoms with van der Waals surface area (Å²) in [4.78, 5) is 3.86. The first kappa shape index (κ1) is 8.45. The highest BCUT2D eigenvalue weighted by Crippen LogP contribution is 2.25. The number of nitrogen functional groups attached to an aromatic ring is 1. The minimum absolute atomic E-state index is 0.468. The summed E-state index contributed by atoms with van der Waals surface area (Å²) in [6, 6.07) is 0. The molecule has 8 heteroatoms. The van der Waals surface area contributed by atoms with Gasteiger partial charge in [-0.25, -0.2) is 0 Å². The van der Waals surface area contributed by atoms with Crippen LogP contribution in [0.25, 0.3) is 0 Å². The van der Waals surface area contributed by atoms with Crippen LogP contribution >= 0.6 is 23.1 Å². The quantitative estimate of drug-likeness (QED) is 0.757. The molecule has 2 heterocycles. The summed E-state index contributed by atoms with van der Waals surface area (Å²) in [6.07, 6.45) is 1.30. The Morgan fingerprint density at radius 1 is 1.54 bits per heavy atom. The van der Waals surface area contributed by atoms with Gasteiger partial charge in [0.25, 0.3) is 0 Å². The second-order valence-corrected chi connectivity index (χ2v) is 4.27. The number of hydrogen-bond donors (Lipinski definition) is 1. The van der Waals surface area contributed by atoms with Gasteiger partial charge < -0.3 is 10.3 Å². The smallest absolute Gasteiger partial charge is 0.213 e. The highest BCUT2D eigenvalue weighted by Gasteiger charge is 2.04. The van der Waals surface area contributed by atoms with Crippen LogP contribution in [-0.4, -0.2) is 20.3 Å². The topological polar surface area (TPSA) is 90.7 Å². The fourth-order valence-electron chi connectivity index (χ4n) is 0.661. The molecule has 0 spiro atoms. The summed E-state index contributed by atoms with van der Waals surface area (Å²) < 4.78 is 5.38. The van der Waals surface area contributed by atoms with E-state index in [0.717, 1.165) is 4.34 Å². The highest BCUT2D eigenvalue weighted by molar-refractivity contribution is 8.00. The van der Waals surface area contributed by atoms with Crippen LogP contribution in [0, 0.1) is 0 Å². The van der Waals surface area contributed by atoms with Gasteiger partial charge in [-0.2, -0.15) is 4.98 Å². The summed E-state index contributed by atoms with van der Waals surface area (Å²) in [6.45, 7) is 0. The second-order valence-electron chi connectivity index (χ2n) is 2.04. The molecule has 6 nitrogen and oxygen atoms in total. The van der Waals surface area contributed by atoms with Crippen molar-refractivity contribution >= 4 is 28.2 Å². The van der Waals surface area contributed by atoms with Crippen LogP contribution in [0.4, 0.5) is 5.13 Å². The van der Waals surface area contributed by atoms with Gasteiger partial charge in [0, 0.05) is 0 Å². The van der Waals surface area contributed by atoms with Crippen LogP contribution in [0.3, 0.4) is 0 Å². The van der Waals surface area contributed by atoms with E-state index in [1.807, 2.05) is 0 Å². The van der Waals surface area contributed by atoms with Crippen LogP contribution in [0.2, 0.25) is 0 Å². The number of nitrogens with zero attached hydrogens (tertiary/aromatic N) is 4. The summed E-state index contributed by atoms with van der Waals surface area (Å²) in [5.74, 6) is 1.25. The summed E-state index contributed by atoms with van der Waals surface area (Å²) in [5, 5.41) is 11.6. The molecule has 0 saturated heterocycles. The van der Waals surface area contributed by atoms with Crippen LogP contribution in [0.15, 0.2) is 15.3 Å². The van der Waals surface area contributed by atoms with Crippen molar-refractivity contribution in [3.8, 4) is 0 Å². The van der Waals surface area contributed by atoms with E-state index in [0.29, 0.717) is 16.7 Å². The molecular formula is C5H5N5OS2. The molecule has 0 fully saturated rings. The Morgan fingerprint density at radius 3 is 3.08 bits per heavy atom. The fraction of sp³-hybridized carbons (Fsp3) is 0.200. The molecule has 0 aliphatic carbocycles. The lowest BCUT2D eigenvalue weighted by atomic mass is 10.7. The van der Waals surface area contributed by atoms with E-state index >= 15 is 0 Å². The summed E-state index contributed by atoms with van der Waals surface area (Å²) in [5.41, 5.74) is 5.41. The zero-order chi connectivity index (χ0) is 9.10. The third kappa shape index (κ3) is 2.16. The molecule has 0 bridgehead atoms. The van der Waals surface area contributed by atoms with Gasteiger partial charge in [-0.15, -0.1) is 10.2 Å². The van der Waals surface area contributed by atoms with E-state index < -0.39 is 0 Å². The van der Waals surface area contributed by atoms with Gasteiger partial charge in [0.15, 0.2) is 10.2 Å². The van der Waals surface area contributed by atoms with Gasteiger partial charge >= 0.3 is 0 Å². The number of hydrogen-bond acceptors (Lipinski definition) is 8.